The van der Waals surface area contributed by atoms with E-state index in [2.05, 4.69) is 5.32 Å². The van der Waals surface area contributed by atoms with Crippen LogP contribution in [0.5, 0.6) is 0 Å². The largest absolute Gasteiger partial charge is 0.355 e. The molecule has 0 aromatic heterocycles. The first-order chi connectivity index (χ1) is 9.03. The number of nitrogens with zero attached hydrogens (tertiary/aromatic N) is 1. The number of carbonyl (C=O) groups excluding carboxylic acids is 1. The standard InChI is InChI=1S/C12H25N3O3S/c1-2-10-19(17,18)15-9-5-6-11(15)12(16)14-8-4-3-7-13/h11H,2-10,13H2,1H3,(H,14,16). The SMILES string of the molecule is CCCS(=O)(=O)N1CCCC1C(=O)NCCCCN. The predicted molar refractivity (Wildman–Crippen MR) is 75.1 cm³/mol. The van der Waals surface area contributed by atoms with Gasteiger partial charge < -0.3 is 11.1 Å². The number of rotatable bonds is 8. The highest BCUT2D eigenvalue weighted by atomic mass is 32.2. The Bertz CT molecular complexity index is 384. The van der Waals surface area contributed by atoms with Gasteiger partial charge in [-0.15, -0.1) is 0 Å². The van der Waals surface area contributed by atoms with E-state index in [1.807, 2.05) is 6.92 Å². The highest BCUT2D eigenvalue weighted by Crippen LogP contribution is 2.21. The Morgan fingerprint density at radius 3 is 2.79 bits per heavy atom. The van der Waals surface area contributed by atoms with Crippen LogP contribution in [0.3, 0.4) is 0 Å². The zero-order valence-corrected chi connectivity index (χ0v) is 12.4. The fraction of sp³-hybridized carbons (Fsp3) is 0.917. The Morgan fingerprint density at radius 1 is 1.42 bits per heavy atom. The third-order valence-corrected chi connectivity index (χ3v) is 5.33. The van der Waals surface area contributed by atoms with E-state index in [9.17, 15) is 13.2 Å². The zero-order valence-electron chi connectivity index (χ0n) is 11.6. The van der Waals surface area contributed by atoms with Crippen LogP contribution >= 0.6 is 0 Å². The highest BCUT2D eigenvalue weighted by Gasteiger charge is 2.37. The van der Waals surface area contributed by atoms with Crippen molar-refractivity contribution < 1.29 is 13.2 Å². The van der Waals surface area contributed by atoms with Crippen molar-refractivity contribution in [3.05, 3.63) is 0 Å². The highest BCUT2D eigenvalue weighted by molar-refractivity contribution is 7.89. The van der Waals surface area contributed by atoms with Gasteiger partial charge in [0.1, 0.15) is 6.04 Å². The number of nitrogens with one attached hydrogen (secondary N) is 1. The third kappa shape index (κ3) is 4.74. The van der Waals surface area contributed by atoms with Crippen molar-refractivity contribution in [1.29, 1.82) is 0 Å². The van der Waals surface area contributed by atoms with Gasteiger partial charge in [0.05, 0.1) is 5.75 Å². The average molecular weight is 291 g/mol. The second kappa shape index (κ2) is 7.81. The second-order valence-corrected chi connectivity index (χ2v) is 6.91. The molecular formula is C12H25N3O3S. The lowest BCUT2D eigenvalue weighted by Gasteiger charge is -2.23. The van der Waals surface area contributed by atoms with E-state index in [4.69, 9.17) is 5.73 Å². The molecule has 1 fully saturated rings. The molecule has 0 aromatic carbocycles. The van der Waals surface area contributed by atoms with Crippen molar-refractivity contribution in [2.24, 2.45) is 5.73 Å². The van der Waals surface area contributed by atoms with Gasteiger partial charge in [0.2, 0.25) is 15.9 Å². The van der Waals surface area contributed by atoms with Crippen molar-refractivity contribution in [3.8, 4) is 0 Å². The molecule has 112 valence electrons. The van der Waals surface area contributed by atoms with Crippen LogP contribution in [-0.2, 0) is 14.8 Å². The summed E-state index contributed by atoms with van der Waals surface area (Å²) < 4.78 is 25.5. The predicted octanol–water partition coefficient (Wildman–Crippen LogP) is 0.0457. The molecule has 1 saturated heterocycles. The molecule has 1 unspecified atom stereocenters. The summed E-state index contributed by atoms with van der Waals surface area (Å²) in [6, 6.07) is -0.519. The van der Waals surface area contributed by atoms with Crippen LogP contribution in [0.2, 0.25) is 0 Å². The molecule has 3 N–H and O–H groups in total. The molecule has 1 rings (SSSR count). The summed E-state index contributed by atoms with van der Waals surface area (Å²) in [7, 11) is -3.29. The third-order valence-electron chi connectivity index (χ3n) is 3.26. The van der Waals surface area contributed by atoms with E-state index in [0.29, 0.717) is 32.5 Å². The number of hydrogen-bond acceptors (Lipinski definition) is 4. The molecule has 1 amide bonds. The normalized spacial score (nSPS) is 20.6. The summed E-state index contributed by atoms with van der Waals surface area (Å²) in [5.41, 5.74) is 5.38. The first-order valence-electron chi connectivity index (χ1n) is 7.00. The van der Waals surface area contributed by atoms with Crippen LogP contribution < -0.4 is 11.1 Å². The summed E-state index contributed by atoms with van der Waals surface area (Å²) in [5, 5.41) is 2.80. The number of hydrogen-bond donors (Lipinski definition) is 2. The minimum absolute atomic E-state index is 0.115. The number of sulfonamides is 1. The Kier molecular flexibility index (Phi) is 6.74. The molecule has 0 radical (unpaired) electrons. The summed E-state index contributed by atoms with van der Waals surface area (Å²) in [5.74, 6) is -0.0570. The van der Waals surface area contributed by atoms with Crippen LogP contribution in [0.1, 0.15) is 39.0 Å². The van der Waals surface area contributed by atoms with Gasteiger partial charge in [-0.1, -0.05) is 6.92 Å². The molecule has 0 aliphatic carbocycles. The maximum atomic E-state index is 12.1. The Morgan fingerprint density at radius 2 is 2.16 bits per heavy atom. The molecular weight excluding hydrogens is 266 g/mol. The van der Waals surface area contributed by atoms with E-state index in [1.54, 1.807) is 0 Å². The lowest BCUT2D eigenvalue weighted by Crippen LogP contribution is -2.46. The summed E-state index contributed by atoms with van der Waals surface area (Å²) in [6.07, 6.45) is 3.64. The van der Waals surface area contributed by atoms with E-state index >= 15 is 0 Å². The van der Waals surface area contributed by atoms with Crippen LogP contribution in [-0.4, -0.2) is 50.1 Å². The monoisotopic (exact) mass is 291 g/mol. The van der Waals surface area contributed by atoms with E-state index in [0.717, 1.165) is 19.3 Å². The number of carbonyl (C=O) groups is 1. The van der Waals surface area contributed by atoms with Gasteiger partial charge in [-0.25, -0.2) is 8.42 Å². The Hall–Kier alpha value is -0.660. The summed E-state index contributed by atoms with van der Waals surface area (Å²) in [6.45, 7) is 3.46. The van der Waals surface area contributed by atoms with Crippen molar-refractivity contribution in [2.45, 2.75) is 45.1 Å². The Balaban J connectivity index is 2.54. The molecule has 1 aliphatic rings. The van der Waals surface area contributed by atoms with Crippen molar-refractivity contribution in [2.75, 3.05) is 25.4 Å². The van der Waals surface area contributed by atoms with Gasteiger partial charge >= 0.3 is 0 Å². The van der Waals surface area contributed by atoms with E-state index in [1.165, 1.54) is 4.31 Å². The van der Waals surface area contributed by atoms with Crippen molar-refractivity contribution in [3.63, 3.8) is 0 Å². The van der Waals surface area contributed by atoms with E-state index < -0.39 is 16.1 Å². The summed E-state index contributed by atoms with van der Waals surface area (Å²) in [4.78, 5) is 12.0. The fourth-order valence-corrected chi connectivity index (χ4v) is 4.06. The van der Waals surface area contributed by atoms with Crippen LogP contribution in [0.15, 0.2) is 0 Å². The average Bonchev–Trinajstić information content (AvgIpc) is 2.84. The molecule has 1 atom stereocenters. The molecule has 7 heteroatoms. The Labute approximate surface area is 115 Å². The van der Waals surface area contributed by atoms with Crippen molar-refractivity contribution in [1.82, 2.24) is 9.62 Å². The first kappa shape index (κ1) is 16.4. The minimum Gasteiger partial charge on any atom is -0.355 e. The lowest BCUT2D eigenvalue weighted by molar-refractivity contribution is -0.124. The molecule has 0 aromatic rings. The van der Waals surface area contributed by atoms with E-state index in [-0.39, 0.29) is 11.7 Å². The maximum Gasteiger partial charge on any atom is 0.238 e. The van der Waals surface area contributed by atoms with Gasteiger partial charge in [0.15, 0.2) is 0 Å². The zero-order chi connectivity index (χ0) is 14.3. The first-order valence-corrected chi connectivity index (χ1v) is 8.61. The molecule has 0 saturated carbocycles. The maximum absolute atomic E-state index is 12.1. The molecule has 1 heterocycles. The number of unbranched alkanes of at least 4 members (excludes halogenated alkanes) is 1. The lowest BCUT2D eigenvalue weighted by atomic mass is 10.2. The van der Waals surface area contributed by atoms with Gasteiger partial charge in [-0.3, -0.25) is 4.79 Å². The molecule has 0 spiro atoms. The smallest absolute Gasteiger partial charge is 0.238 e. The molecule has 1 aliphatic heterocycles. The van der Waals surface area contributed by atoms with Crippen LogP contribution in [0.4, 0.5) is 0 Å². The molecule has 6 nitrogen and oxygen atoms in total. The van der Waals surface area contributed by atoms with Gasteiger partial charge in [-0.05, 0) is 38.6 Å². The van der Waals surface area contributed by atoms with Gasteiger partial charge in [-0.2, -0.15) is 4.31 Å². The molecule has 19 heavy (non-hydrogen) atoms. The number of amides is 1. The molecule has 0 bridgehead atoms. The topological polar surface area (TPSA) is 92.5 Å². The minimum atomic E-state index is -3.29. The van der Waals surface area contributed by atoms with Crippen LogP contribution in [0.25, 0.3) is 0 Å². The second-order valence-electron chi connectivity index (χ2n) is 4.87. The van der Waals surface area contributed by atoms with Gasteiger partial charge in [0, 0.05) is 13.1 Å². The fourth-order valence-electron chi connectivity index (χ4n) is 2.31. The van der Waals surface area contributed by atoms with Gasteiger partial charge in [0.25, 0.3) is 0 Å². The van der Waals surface area contributed by atoms with Crippen LogP contribution in [0, 0.1) is 0 Å². The quantitative estimate of drug-likeness (QED) is 0.618. The number of nitrogens with two attached hydrogens (primary N) is 1. The van der Waals surface area contributed by atoms with Crippen molar-refractivity contribution >= 4 is 15.9 Å². The summed E-state index contributed by atoms with van der Waals surface area (Å²) >= 11 is 0.